The third-order valence-corrected chi connectivity index (χ3v) is 12.5. The molecule has 2 fully saturated rings. The molecule has 0 radical (unpaired) electrons. The second-order valence-electron chi connectivity index (χ2n) is 17.6. The molecule has 59 heavy (non-hydrogen) atoms. The Morgan fingerprint density at radius 2 is 1.61 bits per heavy atom. The van der Waals surface area contributed by atoms with Crippen LogP contribution in [0, 0.1) is 35.5 Å². The maximum Gasteiger partial charge on any atom is 0.407 e. The van der Waals surface area contributed by atoms with E-state index in [-0.39, 0.29) is 65.4 Å². The summed E-state index contributed by atoms with van der Waals surface area (Å²) < 4.78 is 11.2. The molecular weight excluding hydrogens is 753 g/mol. The molecule has 2 saturated heterocycles. The first kappa shape index (κ1) is 39.9. The number of hydrogen-bond acceptors (Lipinski definition) is 9. The topological polar surface area (TPSA) is 191 Å². The average molecular weight is 807 g/mol. The molecule has 3 aliphatic carbocycles. The highest BCUT2D eigenvalue weighted by atomic mass is 16.5. The molecule has 0 saturated carbocycles. The molecule has 8 rings (SSSR count). The van der Waals surface area contributed by atoms with Crippen LogP contribution in [0.5, 0.6) is 0 Å². The number of amides is 4. The second kappa shape index (κ2) is 15.7. The number of rotatable bonds is 9. The third-order valence-electron chi connectivity index (χ3n) is 12.5. The van der Waals surface area contributed by atoms with E-state index in [9.17, 15) is 24.3 Å². The number of carbonyl (C=O) groups excluding carboxylic acids is 3. The van der Waals surface area contributed by atoms with E-state index in [4.69, 9.17) is 19.5 Å². The molecule has 1 aromatic rings. The number of carboxylic acid groups (broad SMARTS) is 1. The SMILES string of the molecule is COC(=O)NC(C(=O)N1CC(C)CC1C1=NC2=CC=C3C=C4C(=CC3C2N1)OC=C1C=C(c2cnc(C3C[C@H](C)CN3C(=O)[C@@H](NC(=O)O)C(C)C)[nH]2)C=CC14)C(C)C. The molecule has 0 bridgehead atoms. The van der Waals surface area contributed by atoms with Crippen molar-refractivity contribution in [1.82, 2.24) is 35.7 Å². The zero-order chi connectivity index (χ0) is 41.9. The standard InChI is InChI=1S/C44H54N8O7/c1-21(2)36(49-43(55)56)41(53)51-18-23(5)12-33(51)39-45-17-32(47-39)26-8-10-28-27(14-26)20-59-35-16-29-25(15-30(28)35)9-11-31-38(29)48-40(46-31)34-13-24(6)19-52(34)42(54)37(22(3)4)50-44(57)58-7/h8-11,14-17,20-24,28-29,33-34,36-38,49H,12-13,18-19H2,1-7H3,(H,45,47)(H,46,48)(H,50,57)(H,55,56)/t23-,24?,28?,29?,33?,34?,36-,37?,38?/m0/s1. The normalized spacial score (nSPS) is 28.8. The Bertz CT molecular complexity index is 2190. The Labute approximate surface area is 344 Å². The molecule has 15 nitrogen and oxygen atoms in total. The van der Waals surface area contributed by atoms with Gasteiger partial charge >= 0.3 is 12.2 Å². The number of likely N-dealkylation sites (tertiary alicyclic amines) is 2. The minimum Gasteiger partial charge on any atom is -0.465 e. The number of amidine groups is 1. The van der Waals surface area contributed by atoms with Crippen molar-refractivity contribution in [1.29, 1.82) is 0 Å². The fraction of sp³-hybridized carbons (Fsp3) is 0.500. The Balaban J connectivity index is 0.969. The summed E-state index contributed by atoms with van der Waals surface area (Å²) in [5.74, 6) is 1.99. The van der Waals surface area contributed by atoms with E-state index < -0.39 is 24.3 Å². The third kappa shape index (κ3) is 7.51. The molecule has 9 atom stereocenters. The van der Waals surface area contributed by atoms with E-state index in [2.05, 4.69) is 77.3 Å². The predicted octanol–water partition coefficient (Wildman–Crippen LogP) is 5.35. The zero-order valence-electron chi connectivity index (χ0n) is 34.6. The van der Waals surface area contributed by atoms with Gasteiger partial charge < -0.3 is 45.3 Å². The molecule has 1 aromatic heterocycles. The lowest BCUT2D eigenvalue weighted by molar-refractivity contribution is -0.136. The molecule has 5 heterocycles. The number of aliphatic imine (C=N–C) groups is 1. The molecule has 7 unspecified atom stereocenters. The van der Waals surface area contributed by atoms with Gasteiger partial charge in [-0.25, -0.2) is 19.6 Å². The number of imidazole rings is 1. The van der Waals surface area contributed by atoms with Crippen molar-refractivity contribution in [3.05, 3.63) is 94.7 Å². The number of carbonyl (C=O) groups is 4. The van der Waals surface area contributed by atoms with E-state index in [0.29, 0.717) is 18.9 Å². The molecule has 4 amide bonds. The summed E-state index contributed by atoms with van der Waals surface area (Å²) in [6, 6.07) is -2.21. The van der Waals surface area contributed by atoms with E-state index >= 15 is 0 Å². The number of allylic oxidation sites excluding steroid dienone is 9. The summed E-state index contributed by atoms with van der Waals surface area (Å²) in [4.78, 5) is 68.0. The number of hydrogen-bond donors (Lipinski definition) is 5. The van der Waals surface area contributed by atoms with Crippen LogP contribution in [0.1, 0.15) is 71.9 Å². The lowest BCUT2D eigenvalue weighted by Gasteiger charge is -2.35. The first-order valence-corrected chi connectivity index (χ1v) is 20.7. The summed E-state index contributed by atoms with van der Waals surface area (Å²) in [5.41, 5.74) is 5.89. The van der Waals surface area contributed by atoms with Crippen LogP contribution in [-0.2, 0) is 19.1 Å². The molecule has 7 aliphatic rings. The van der Waals surface area contributed by atoms with Crippen LogP contribution in [0.15, 0.2) is 88.2 Å². The lowest BCUT2D eigenvalue weighted by atomic mass is 9.75. The van der Waals surface area contributed by atoms with E-state index in [1.54, 1.807) is 11.1 Å². The van der Waals surface area contributed by atoms with Crippen molar-refractivity contribution in [2.75, 3.05) is 20.2 Å². The van der Waals surface area contributed by atoms with Gasteiger partial charge in [0.25, 0.3) is 0 Å². The van der Waals surface area contributed by atoms with Gasteiger partial charge in [-0.3, -0.25) is 9.59 Å². The number of ether oxygens (including phenoxy) is 2. The van der Waals surface area contributed by atoms with Crippen molar-refractivity contribution in [2.45, 2.75) is 84.6 Å². The molecule has 312 valence electrons. The summed E-state index contributed by atoms with van der Waals surface area (Å²) in [7, 11) is 1.29. The molecule has 0 aromatic carbocycles. The van der Waals surface area contributed by atoms with E-state index in [0.717, 1.165) is 58.1 Å². The highest BCUT2D eigenvalue weighted by molar-refractivity contribution is 5.97. The van der Waals surface area contributed by atoms with Crippen molar-refractivity contribution in [2.24, 2.45) is 40.5 Å². The number of methoxy groups -OCH3 is 1. The van der Waals surface area contributed by atoms with Gasteiger partial charge in [-0.1, -0.05) is 65.8 Å². The lowest BCUT2D eigenvalue weighted by Crippen LogP contribution is -2.55. The van der Waals surface area contributed by atoms with Gasteiger partial charge in [0.05, 0.1) is 49.1 Å². The monoisotopic (exact) mass is 806 g/mol. The first-order valence-electron chi connectivity index (χ1n) is 20.7. The molecule has 15 heteroatoms. The van der Waals surface area contributed by atoms with E-state index in [1.807, 2.05) is 38.9 Å². The van der Waals surface area contributed by atoms with Crippen LogP contribution in [0.4, 0.5) is 9.59 Å². The number of H-pyrrole nitrogens is 1. The smallest absolute Gasteiger partial charge is 0.407 e. The van der Waals surface area contributed by atoms with Crippen molar-refractivity contribution < 1.29 is 33.8 Å². The quantitative estimate of drug-likeness (QED) is 0.219. The molecule has 4 aliphatic heterocycles. The van der Waals surface area contributed by atoms with Gasteiger partial charge in [0.1, 0.15) is 29.5 Å². The second-order valence-corrected chi connectivity index (χ2v) is 17.6. The number of nitrogens with one attached hydrogen (secondary N) is 4. The Kier molecular flexibility index (Phi) is 10.6. The predicted molar refractivity (Wildman–Crippen MR) is 220 cm³/mol. The molecular formula is C44H54N8O7. The van der Waals surface area contributed by atoms with Crippen molar-refractivity contribution >= 4 is 35.4 Å². The largest absolute Gasteiger partial charge is 0.465 e. The van der Waals surface area contributed by atoms with Crippen molar-refractivity contribution in [3.8, 4) is 0 Å². The highest BCUT2D eigenvalue weighted by Crippen LogP contribution is 2.46. The van der Waals surface area contributed by atoms with Gasteiger partial charge in [0, 0.05) is 30.5 Å². The average Bonchev–Trinajstić information content (AvgIpc) is 4.02. The van der Waals surface area contributed by atoms with Gasteiger partial charge in [0.15, 0.2) is 0 Å². The highest BCUT2D eigenvalue weighted by Gasteiger charge is 2.46. The van der Waals surface area contributed by atoms with Crippen molar-refractivity contribution in [3.63, 3.8) is 0 Å². The minimum absolute atomic E-state index is 0.0118. The van der Waals surface area contributed by atoms with Gasteiger partial charge in [-0.05, 0) is 71.5 Å². The van der Waals surface area contributed by atoms with Crippen LogP contribution in [0.3, 0.4) is 0 Å². The van der Waals surface area contributed by atoms with Crippen LogP contribution in [-0.4, -0.2) is 99.1 Å². The number of fused-ring (bicyclic) bond motifs is 6. The first-order chi connectivity index (χ1) is 28.2. The Morgan fingerprint density at radius 3 is 2.29 bits per heavy atom. The van der Waals surface area contributed by atoms with Crippen LogP contribution in [0.25, 0.3) is 5.57 Å². The van der Waals surface area contributed by atoms with Crippen LogP contribution in [0.2, 0.25) is 0 Å². The summed E-state index contributed by atoms with van der Waals surface area (Å²) in [6.45, 7) is 12.8. The molecule has 0 spiro atoms. The number of alkyl carbamates (subject to hydrolysis) is 1. The fourth-order valence-corrected chi connectivity index (χ4v) is 9.51. The van der Waals surface area contributed by atoms with Crippen LogP contribution >= 0.6 is 0 Å². The van der Waals surface area contributed by atoms with Gasteiger partial charge in [-0.2, -0.15) is 0 Å². The van der Waals surface area contributed by atoms with E-state index in [1.165, 1.54) is 7.11 Å². The molecule has 5 N–H and O–H groups in total. The fourth-order valence-electron chi connectivity index (χ4n) is 9.51. The van der Waals surface area contributed by atoms with Gasteiger partial charge in [0.2, 0.25) is 11.8 Å². The maximum absolute atomic E-state index is 13.9. The van der Waals surface area contributed by atoms with Gasteiger partial charge in [-0.15, -0.1) is 0 Å². The number of aromatic nitrogens is 2. The maximum atomic E-state index is 13.9. The summed E-state index contributed by atoms with van der Waals surface area (Å²) in [5, 5.41) is 18.2. The van der Waals surface area contributed by atoms with Crippen LogP contribution < -0.4 is 16.0 Å². The summed E-state index contributed by atoms with van der Waals surface area (Å²) >= 11 is 0. The Morgan fingerprint density at radius 1 is 0.932 bits per heavy atom. The zero-order valence-corrected chi connectivity index (χ0v) is 34.6. The summed E-state index contributed by atoms with van der Waals surface area (Å²) in [6.07, 6.45) is 18.2. The number of aromatic amines is 1. The number of nitrogens with zero attached hydrogens (tertiary/aromatic N) is 4. The minimum atomic E-state index is -1.22. The Hall–Kier alpha value is -5.86.